The first-order valence-electron chi connectivity index (χ1n) is 8.59. The maximum absolute atomic E-state index is 6.24. The van der Waals surface area contributed by atoms with Gasteiger partial charge in [-0.3, -0.25) is 0 Å². The molecule has 3 unspecified atom stereocenters. The third-order valence-electron chi connectivity index (χ3n) is 5.12. The fourth-order valence-corrected chi connectivity index (χ4v) is 2.86. The Hall–Kier alpha value is -0.0400. The van der Waals surface area contributed by atoms with E-state index in [1.807, 2.05) is 0 Å². The van der Waals surface area contributed by atoms with Crippen molar-refractivity contribution in [2.45, 2.75) is 98.4 Å². The summed E-state index contributed by atoms with van der Waals surface area (Å²) in [6, 6.07) is 0. The molecule has 0 aliphatic heterocycles. The summed E-state index contributed by atoms with van der Waals surface area (Å²) in [6.45, 7) is 13.7. The van der Waals surface area contributed by atoms with Crippen molar-refractivity contribution in [3.8, 4) is 0 Å². The van der Waals surface area contributed by atoms with E-state index in [0.29, 0.717) is 5.92 Å². The Kier molecular flexibility index (Phi) is 9.78. The molecule has 19 heavy (non-hydrogen) atoms. The lowest BCUT2D eigenvalue weighted by molar-refractivity contribution is 0.186. The average Bonchev–Trinajstić information content (AvgIpc) is 2.34. The summed E-state index contributed by atoms with van der Waals surface area (Å²) >= 11 is 0. The van der Waals surface area contributed by atoms with Crippen LogP contribution in [0.1, 0.15) is 92.9 Å². The van der Waals surface area contributed by atoms with Gasteiger partial charge in [-0.15, -0.1) is 0 Å². The predicted molar refractivity (Wildman–Crippen MR) is 88.4 cm³/mol. The summed E-state index contributed by atoms with van der Waals surface area (Å²) < 4.78 is 0. The van der Waals surface area contributed by atoms with E-state index in [-0.39, 0.29) is 5.54 Å². The molecule has 0 saturated heterocycles. The highest BCUT2D eigenvalue weighted by molar-refractivity contribution is 4.84. The molecule has 0 heterocycles. The molecule has 0 aliphatic carbocycles. The topological polar surface area (TPSA) is 26.0 Å². The van der Waals surface area contributed by atoms with Gasteiger partial charge in [-0.2, -0.15) is 0 Å². The molecule has 0 aromatic heterocycles. The van der Waals surface area contributed by atoms with Gasteiger partial charge in [0.1, 0.15) is 0 Å². The lowest BCUT2D eigenvalue weighted by atomic mass is 9.74. The largest absolute Gasteiger partial charge is 0.325 e. The van der Waals surface area contributed by atoms with Crippen molar-refractivity contribution in [3.05, 3.63) is 0 Å². The van der Waals surface area contributed by atoms with Gasteiger partial charge in [0, 0.05) is 5.54 Å². The van der Waals surface area contributed by atoms with Gasteiger partial charge >= 0.3 is 0 Å². The average molecular weight is 270 g/mol. The molecular formula is C18H39N. The van der Waals surface area contributed by atoms with Gasteiger partial charge in [0.25, 0.3) is 0 Å². The maximum atomic E-state index is 6.24. The van der Waals surface area contributed by atoms with Crippen molar-refractivity contribution in [2.24, 2.45) is 23.5 Å². The van der Waals surface area contributed by atoms with E-state index >= 15 is 0 Å². The van der Waals surface area contributed by atoms with E-state index < -0.39 is 0 Å². The van der Waals surface area contributed by atoms with Gasteiger partial charge in [0.05, 0.1) is 0 Å². The van der Waals surface area contributed by atoms with Gasteiger partial charge in [0.15, 0.2) is 0 Å². The zero-order valence-electron chi connectivity index (χ0n) is 14.5. The minimum absolute atomic E-state index is 0.0478. The van der Waals surface area contributed by atoms with Crippen LogP contribution in [0, 0.1) is 17.8 Å². The summed E-state index contributed by atoms with van der Waals surface area (Å²) in [5.41, 5.74) is 6.19. The Morgan fingerprint density at radius 2 is 1.32 bits per heavy atom. The maximum Gasteiger partial charge on any atom is 0.0125 e. The van der Waals surface area contributed by atoms with Crippen molar-refractivity contribution >= 4 is 0 Å². The van der Waals surface area contributed by atoms with Crippen molar-refractivity contribution < 1.29 is 0 Å². The molecule has 116 valence electrons. The van der Waals surface area contributed by atoms with Crippen LogP contribution in [0.15, 0.2) is 0 Å². The number of hydrogen-bond donors (Lipinski definition) is 1. The second-order valence-corrected chi connectivity index (χ2v) is 7.36. The Bertz CT molecular complexity index is 204. The van der Waals surface area contributed by atoms with Crippen molar-refractivity contribution in [2.75, 3.05) is 0 Å². The second kappa shape index (κ2) is 9.80. The molecule has 3 atom stereocenters. The van der Waals surface area contributed by atoms with Gasteiger partial charge in [0.2, 0.25) is 0 Å². The first-order chi connectivity index (χ1) is 8.80. The smallest absolute Gasteiger partial charge is 0.0125 e. The Morgan fingerprint density at radius 3 is 1.79 bits per heavy atom. The van der Waals surface area contributed by atoms with Crippen molar-refractivity contribution in [3.63, 3.8) is 0 Å². The number of rotatable bonds is 11. The second-order valence-electron chi connectivity index (χ2n) is 7.36. The Balaban J connectivity index is 3.71. The van der Waals surface area contributed by atoms with Crippen LogP contribution < -0.4 is 5.73 Å². The molecule has 2 N–H and O–H groups in total. The monoisotopic (exact) mass is 269 g/mol. The molecule has 0 aromatic rings. The fourth-order valence-electron chi connectivity index (χ4n) is 2.86. The fraction of sp³-hybridized carbons (Fsp3) is 1.00. The van der Waals surface area contributed by atoms with Crippen LogP contribution >= 0.6 is 0 Å². The summed E-state index contributed by atoms with van der Waals surface area (Å²) in [5.74, 6) is 2.11. The highest BCUT2D eigenvalue weighted by Gasteiger charge is 2.28. The van der Waals surface area contributed by atoms with Crippen molar-refractivity contribution in [1.82, 2.24) is 0 Å². The summed E-state index contributed by atoms with van der Waals surface area (Å²) in [6.07, 6.45) is 11.2. The molecule has 0 bridgehead atoms. The normalized spacial score (nSPS) is 17.2. The van der Waals surface area contributed by atoms with Gasteiger partial charge in [-0.05, 0) is 31.6 Å². The molecule has 1 nitrogen and oxygen atoms in total. The quantitative estimate of drug-likeness (QED) is 0.473. The number of hydrogen-bond acceptors (Lipinski definition) is 1. The van der Waals surface area contributed by atoms with E-state index in [9.17, 15) is 0 Å². The molecule has 0 aliphatic rings. The van der Waals surface area contributed by atoms with Gasteiger partial charge < -0.3 is 5.73 Å². The zero-order chi connectivity index (χ0) is 14.9. The van der Waals surface area contributed by atoms with Crippen LogP contribution in [0.4, 0.5) is 0 Å². The highest BCUT2D eigenvalue weighted by atomic mass is 14.7. The highest BCUT2D eigenvalue weighted by Crippen LogP contribution is 2.30. The van der Waals surface area contributed by atoms with Crippen LogP contribution in [0.25, 0.3) is 0 Å². The minimum Gasteiger partial charge on any atom is -0.325 e. The summed E-state index contributed by atoms with van der Waals surface area (Å²) in [5, 5.41) is 0. The molecule has 1 heteroatoms. The van der Waals surface area contributed by atoms with E-state index in [2.05, 4.69) is 41.5 Å². The minimum atomic E-state index is -0.0478. The van der Waals surface area contributed by atoms with Crippen LogP contribution in [0.5, 0.6) is 0 Å². The van der Waals surface area contributed by atoms with E-state index in [1.165, 1.54) is 51.4 Å². The molecule has 0 radical (unpaired) electrons. The van der Waals surface area contributed by atoms with Gasteiger partial charge in [-0.25, -0.2) is 0 Å². The molecule has 0 spiro atoms. The van der Waals surface area contributed by atoms with Crippen LogP contribution in [-0.2, 0) is 0 Å². The molecule has 0 aromatic carbocycles. The van der Waals surface area contributed by atoms with E-state index in [4.69, 9.17) is 5.73 Å². The first-order valence-corrected chi connectivity index (χ1v) is 8.59. The number of nitrogens with two attached hydrogens (primary N) is 1. The molecule has 0 fully saturated rings. The number of unbranched alkanes of at least 4 members (excludes halogenated alkanes) is 6. The third kappa shape index (κ3) is 8.68. The predicted octanol–water partition coefficient (Wildman–Crippen LogP) is 5.77. The van der Waals surface area contributed by atoms with Crippen LogP contribution in [0.3, 0.4) is 0 Å². The van der Waals surface area contributed by atoms with E-state index in [0.717, 1.165) is 11.8 Å². The Labute approximate surface area is 122 Å². The third-order valence-corrected chi connectivity index (χ3v) is 5.12. The summed E-state index contributed by atoms with van der Waals surface area (Å²) in [7, 11) is 0. The van der Waals surface area contributed by atoms with Crippen molar-refractivity contribution in [1.29, 1.82) is 0 Å². The van der Waals surface area contributed by atoms with Crippen LogP contribution in [0.2, 0.25) is 0 Å². The summed E-state index contributed by atoms with van der Waals surface area (Å²) in [4.78, 5) is 0. The first kappa shape index (κ1) is 19.0. The molecular weight excluding hydrogens is 230 g/mol. The molecule has 0 rings (SSSR count). The molecule has 0 saturated carbocycles. The SMILES string of the molecule is CCCCCCCCCC(C)C(C)C(C)C(C)(C)N. The lowest BCUT2D eigenvalue weighted by Gasteiger charge is -2.35. The van der Waals surface area contributed by atoms with Crippen LogP contribution in [-0.4, -0.2) is 5.54 Å². The van der Waals surface area contributed by atoms with E-state index in [1.54, 1.807) is 0 Å². The Morgan fingerprint density at radius 1 is 0.842 bits per heavy atom. The zero-order valence-corrected chi connectivity index (χ0v) is 14.5. The lowest BCUT2D eigenvalue weighted by Crippen LogP contribution is -2.43. The molecule has 0 amide bonds. The standard InChI is InChI=1S/C18H39N/c1-7-8-9-10-11-12-13-14-15(2)16(3)17(4)18(5,6)19/h15-17H,7-14,19H2,1-6H3. The van der Waals surface area contributed by atoms with Gasteiger partial charge in [-0.1, -0.05) is 79.1 Å².